The molecule has 12 nitrogen and oxygen atoms in total. The standard InChI is InChI=1S/C40H48FN7O5/c1-26-9-7-10-27(2)36(26)45-38(50)31-25-42-40(44-30-14-16-33(32(41)24-30)52-22-8-17-48-20-18-47(3)19-21-48)46-39(31)53-34-15-13-28(23-35(34)51-4)37(49)43-29-11-5-6-12-29/h7,9-10,13-16,23-25,29H,5-6,8,11-12,17-22H2,1-4H3,(H,43,49)(H,45,50)(H,42,44,46). The highest BCUT2D eigenvalue weighted by Crippen LogP contribution is 2.35. The zero-order valence-corrected chi connectivity index (χ0v) is 30.8. The van der Waals surface area contributed by atoms with Gasteiger partial charge < -0.3 is 40.0 Å². The normalized spacial score (nSPS) is 15.2. The predicted octanol–water partition coefficient (Wildman–Crippen LogP) is 6.72. The van der Waals surface area contributed by atoms with Crippen molar-refractivity contribution in [1.29, 1.82) is 0 Å². The topological polar surface area (TPSA) is 130 Å². The number of nitrogens with zero attached hydrogens (tertiary/aromatic N) is 4. The van der Waals surface area contributed by atoms with Gasteiger partial charge in [0, 0.05) is 68.0 Å². The van der Waals surface area contributed by atoms with E-state index in [0.29, 0.717) is 23.5 Å². The van der Waals surface area contributed by atoms with Gasteiger partial charge in [-0.1, -0.05) is 31.0 Å². The zero-order chi connectivity index (χ0) is 37.3. The Hall–Kier alpha value is -5.27. The van der Waals surface area contributed by atoms with Crippen molar-refractivity contribution in [3.8, 4) is 23.1 Å². The number of methoxy groups -OCH3 is 1. The van der Waals surface area contributed by atoms with Crippen LogP contribution in [0.1, 0.15) is 63.9 Å². The van der Waals surface area contributed by atoms with Crippen LogP contribution in [0.3, 0.4) is 0 Å². The van der Waals surface area contributed by atoms with Crippen LogP contribution in [-0.4, -0.2) is 91.1 Å². The molecule has 2 aliphatic rings. The summed E-state index contributed by atoms with van der Waals surface area (Å²) in [6, 6.07) is 15.3. The Morgan fingerprint density at radius 2 is 1.66 bits per heavy atom. The van der Waals surface area contributed by atoms with E-state index in [4.69, 9.17) is 14.2 Å². The number of rotatable bonds is 14. The zero-order valence-electron chi connectivity index (χ0n) is 30.8. The lowest BCUT2D eigenvalue weighted by atomic mass is 10.1. The summed E-state index contributed by atoms with van der Waals surface area (Å²) in [6.07, 6.45) is 6.26. The average molecular weight is 726 g/mol. The Bertz CT molecular complexity index is 1890. The molecule has 2 fully saturated rings. The number of likely N-dealkylation sites (N-methyl/N-ethyl adjacent to an activating group) is 1. The molecule has 2 amide bonds. The number of hydrogen-bond acceptors (Lipinski definition) is 10. The van der Waals surface area contributed by atoms with E-state index in [1.54, 1.807) is 30.3 Å². The highest BCUT2D eigenvalue weighted by molar-refractivity contribution is 6.06. The van der Waals surface area contributed by atoms with E-state index in [0.717, 1.165) is 76.0 Å². The number of ether oxygens (including phenoxy) is 3. The lowest BCUT2D eigenvalue weighted by Crippen LogP contribution is -2.44. The molecule has 6 rings (SSSR count). The molecule has 1 saturated heterocycles. The van der Waals surface area contributed by atoms with Crippen molar-refractivity contribution in [2.24, 2.45) is 0 Å². The molecule has 0 spiro atoms. The van der Waals surface area contributed by atoms with E-state index in [-0.39, 0.29) is 46.6 Å². The minimum Gasteiger partial charge on any atom is -0.493 e. The minimum atomic E-state index is -0.530. The highest BCUT2D eigenvalue weighted by atomic mass is 19.1. The molecular weight excluding hydrogens is 677 g/mol. The van der Waals surface area contributed by atoms with Crippen molar-refractivity contribution in [2.45, 2.75) is 52.0 Å². The monoisotopic (exact) mass is 725 g/mol. The van der Waals surface area contributed by atoms with E-state index in [2.05, 4.69) is 42.8 Å². The molecule has 0 unspecified atom stereocenters. The molecule has 0 radical (unpaired) electrons. The molecule has 1 saturated carbocycles. The molecule has 2 heterocycles. The lowest BCUT2D eigenvalue weighted by molar-refractivity contribution is 0.0936. The Morgan fingerprint density at radius 3 is 2.38 bits per heavy atom. The summed E-state index contributed by atoms with van der Waals surface area (Å²) in [7, 11) is 3.60. The van der Waals surface area contributed by atoms with E-state index in [9.17, 15) is 9.59 Å². The van der Waals surface area contributed by atoms with E-state index < -0.39 is 11.7 Å². The van der Waals surface area contributed by atoms with Gasteiger partial charge in [-0.3, -0.25) is 9.59 Å². The minimum absolute atomic E-state index is 0.0508. The maximum Gasteiger partial charge on any atom is 0.262 e. The van der Waals surface area contributed by atoms with Crippen LogP contribution in [-0.2, 0) is 0 Å². The van der Waals surface area contributed by atoms with Gasteiger partial charge in [0.25, 0.3) is 11.8 Å². The number of aryl methyl sites for hydroxylation is 2. The summed E-state index contributed by atoms with van der Waals surface area (Å²) in [5.74, 6) is -0.560. The number of benzene rings is 3. The van der Waals surface area contributed by atoms with E-state index in [1.807, 2.05) is 32.0 Å². The number of halogens is 1. The maximum absolute atomic E-state index is 15.1. The molecule has 280 valence electrons. The number of carbonyl (C=O) groups is 2. The number of anilines is 3. The summed E-state index contributed by atoms with van der Waals surface area (Å²) in [6.45, 7) is 9.26. The first-order valence-corrected chi connectivity index (χ1v) is 18.2. The van der Waals surface area contributed by atoms with Crippen LogP contribution >= 0.6 is 0 Å². The summed E-state index contributed by atoms with van der Waals surface area (Å²) >= 11 is 0. The van der Waals surface area contributed by atoms with Gasteiger partial charge in [-0.2, -0.15) is 4.98 Å². The van der Waals surface area contributed by atoms with Gasteiger partial charge >= 0.3 is 0 Å². The molecule has 4 aromatic rings. The third-order valence-electron chi connectivity index (χ3n) is 9.70. The van der Waals surface area contributed by atoms with Crippen LogP contribution in [0.25, 0.3) is 0 Å². The van der Waals surface area contributed by atoms with Gasteiger partial charge in [-0.25, -0.2) is 9.37 Å². The fourth-order valence-electron chi connectivity index (χ4n) is 6.56. The van der Waals surface area contributed by atoms with Gasteiger partial charge in [0.1, 0.15) is 5.56 Å². The molecule has 1 aromatic heterocycles. The van der Waals surface area contributed by atoms with Crippen LogP contribution in [0.15, 0.2) is 60.8 Å². The molecule has 0 atom stereocenters. The Morgan fingerprint density at radius 1 is 0.925 bits per heavy atom. The summed E-state index contributed by atoms with van der Waals surface area (Å²) < 4.78 is 32.7. The average Bonchev–Trinajstić information content (AvgIpc) is 3.66. The van der Waals surface area contributed by atoms with Crippen molar-refractivity contribution in [3.63, 3.8) is 0 Å². The fourth-order valence-corrected chi connectivity index (χ4v) is 6.56. The van der Waals surface area contributed by atoms with Crippen molar-refractivity contribution >= 4 is 29.1 Å². The molecule has 3 aromatic carbocycles. The first kappa shape index (κ1) is 37.5. The predicted molar refractivity (Wildman–Crippen MR) is 202 cm³/mol. The Kier molecular flexibility index (Phi) is 12.4. The molecule has 1 aliphatic heterocycles. The van der Waals surface area contributed by atoms with Crippen molar-refractivity contribution in [2.75, 3.05) is 64.1 Å². The first-order chi connectivity index (χ1) is 25.7. The molecular formula is C40H48FN7O5. The molecule has 1 aliphatic carbocycles. The second kappa shape index (κ2) is 17.5. The van der Waals surface area contributed by atoms with Gasteiger partial charge in [-0.05, 0) is 81.6 Å². The number of amides is 2. The molecule has 3 N–H and O–H groups in total. The van der Waals surface area contributed by atoms with E-state index in [1.165, 1.54) is 19.4 Å². The summed E-state index contributed by atoms with van der Waals surface area (Å²) in [4.78, 5) is 40.3. The lowest BCUT2D eigenvalue weighted by Gasteiger charge is -2.32. The number of hydrogen-bond donors (Lipinski definition) is 3. The smallest absolute Gasteiger partial charge is 0.262 e. The van der Waals surface area contributed by atoms with Crippen molar-refractivity contribution in [1.82, 2.24) is 25.1 Å². The maximum atomic E-state index is 15.1. The van der Waals surface area contributed by atoms with Crippen LogP contribution in [0.5, 0.6) is 23.1 Å². The van der Waals surface area contributed by atoms with Gasteiger partial charge in [-0.15, -0.1) is 0 Å². The Labute approximate surface area is 310 Å². The van der Waals surface area contributed by atoms with Crippen molar-refractivity contribution < 1.29 is 28.2 Å². The van der Waals surface area contributed by atoms with Crippen LogP contribution < -0.4 is 30.2 Å². The number of carbonyl (C=O) groups excluding carboxylic acids is 2. The molecule has 53 heavy (non-hydrogen) atoms. The second-order valence-corrected chi connectivity index (χ2v) is 13.7. The highest BCUT2D eigenvalue weighted by Gasteiger charge is 2.23. The summed E-state index contributed by atoms with van der Waals surface area (Å²) in [5, 5.41) is 9.05. The van der Waals surface area contributed by atoms with Gasteiger partial charge in [0.15, 0.2) is 23.1 Å². The molecule has 13 heteroatoms. The largest absolute Gasteiger partial charge is 0.493 e. The SMILES string of the molecule is COc1cc(C(=O)NC2CCCC2)ccc1Oc1nc(Nc2ccc(OCCCN3CCN(C)CC3)c(F)c2)ncc1C(=O)Nc1c(C)cccc1C. The number of para-hydroxylation sites is 1. The number of nitrogens with one attached hydrogen (secondary N) is 3. The van der Waals surface area contributed by atoms with Gasteiger partial charge in [0.05, 0.1) is 13.7 Å². The summed E-state index contributed by atoms with van der Waals surface area (Å²) in [5.41, 5.74) is 3.29. The van der Waals surface area contributed by atoms with Crippen LogP contribution in [0.2, 0.25) is 0 Å². The second-order valence-electron chi connectivity index (χ2n) is 13.7. The van der Waals surface area contributed by atoms with Crippen LogP contribution in [0, 0.1) is 19.7 Å². The van der Waals surface area contributed by atoms with Gasteiger partial charge in [0.2, 0.25) is 11.8 Å². The first-order valence-electron chi connectivity index (χ1n) is 18.2. The van der Waals surface area contributed by atoms with E-state index >= 15 is 4.39 Å². The van der Waals surface area contributed by atoms with Crippen molar-refractivity contribution in [3.05, 3.63) is 88.9 Å². The third-order valence-corrected chi connectivity index (χ3v) is 9.70. The quantitative estimate of drug-likeness (QED) is 0.121. The number of aromatic nitrogens is 2. The third kappa shape index (κ3) is 9.79. The molecule has 0 bridgehead atoms. The number of piperazine rings is 1. The fraction of sp³-hybridized carbons (Fsp3) is 0.400. The van der Waals surface area contributed by atoms with Crippen LogP contribution in [0.4, 0.5) is 21.7 Å². The Balaban J connectivity index is 1.19.